The minimum atomic E-state index is -2.27. The van der Waals surface area contributed by atoms with Crippen LogP contribution in [0.15, 0.2) is 0 Å². The van der Waals surface area contributed by atoms with E-state index in [1.54, 1.807) is 21.3 Å². The normalized spacial score (nSPS) is 19.4. The molecule has 0 radical (unpaired) electrons. The highest BCUT2D eigenvalue weighted by Gasteiger charge is 2.38. The molecule has 3 nitrogen and oxygen atoms in total. The molecule has 1 aliphatic heterocycles. The second kappa shape index (κ2) is 6.80. The van der Waals surface area contributed by atoms with E-state index in [1.165, 1.54) is 37.4 Å². The van der Waals surface area contributed by atoms with Crippen LogP contribution in [-0.2, 0) is 13.3 Å². The molecular formula is C10H24O3Si2. The molecular weight excluding hydrogens is 224 g/mol. The minimum Gasteiger partial charge on any atom is -0.377 e. The van der Waals surface area contributed by atoms with Gasteiger partial charge in [-0.1, -0.05) is 37.4 Å². The van der Waals surface area contributed by atoms with E-state index in [1.807, 2.05) is 0 Å². The molecule has 0 aromatic carbocycles. The fourth-order valence-electron chi connectivity index (χ4n) is 2.41. The largest absolute Gasteiger partial charge is 0.499 e. The predicted molar refractivity (Wildman–Crippen MR) is 67.0 cm³/mol. The van der Waals surface area contributed by atoms with Gasteiger partial charge in [-0.05, 0) is 0 Å². The monoisotopic (exact) mass is 248 g/mol. The summed E-state index contributed by atoms with van der Waals surface area (Å²) in [6, 6.07) is 5.39. The third-order valence-electron chi connectivity index (χ3n) is 3.52. The first-order chi connectivity index (χ1) is 7.26. The van der Waals surface area contributed by atoms with E-state index < -0.39 is 17.6 Å². The molecule has 0 spiro atoms. The van der Waals surface area contributed by atoms with Gasteiger partial charge in [-0.2, -0.15) is 0 Å². The first-order valence-corrected chi connectivity index (χ1v) is 10.3. The van der Waals surface area contributed by atoms with Crippen LogP contribution in [0.25, 0.3) is 0 Å². The summed E-state index contributed by atoms with van der Waals surface area (Å²) in [5.74, 6) is 0. The molecule has 0 amide bonds. The summed E-state index contributed by atoms with van der Waals surface area (Å²) in [5, 5.41) is 0. The average Bonchev–Trinajstić information content (AvgIpc) is 2.33. The van der Waals surface area contributed by atoms with Crippen molar-refractivity contribution in [3.05, 3.63) is 0 Å². The van der Waals surface area contributed by atoms with Crippen molar-refractivity contribution >= 4 is 17.6 Å². The van der Waals surface area contributed by atoms with E-state index in [4.69, 9.17) is 13.3 Å². The topological polar surface area (TPSA) is 27.7 Å². The summed E-state index contributed by atoms with van der Waals surface area (Å²) in [7, 11) is 2.39. The van der Waals surface area contributed by atoms with Gasteiger partial charge in [0.15, 0.2) is 0 Å². The number of hydrogen-bond donors (Lipinski definition) is 0. The molecule has 1 saturated heterocycles. The lowest BCUT2D eigenvalue weighted by Gasteiger charge is -2.27. The van der Waals surface area contributed by atoms with Crippen LogP contribution in [0.2, 0.25) is 24.2 Å². The molecule has 0 N–H and O–H groups in total. The van der Waals surface area contributed by atoms with E-state index in [0.29, 0.717) is 0 Å². The van der Waals surface area contributed by atoms with Gasteiger partial charge >= 0.3 is 8.80 Å². The number of hydrogen-bond acceptors (Lipinski definition) is 3. The molecule has 1 rings (SSSR count). The first kappa shape index (κ1) is 13.4. The molecule has 15 heavy (non-hydrogen) atoms. The van der Waals surface area contributed by atoms with Crippen molar-refractivity contribution in [2.75, 3.05) is 21.3 Å². The Morgan fingerprint density at radius 3 is 1.93 bits per heavy atom. The SMILES string of the molecule is CO[Si](CC[SiH]1CCCCC1)(OC)OC. The van der Waals surface area contributed by atoms with Gasteiger partial charge in [0.1, 0.15) is 0 Å². The lowest BCUT2D eigenvalue weighted by molar-refractivity contribution is 0.125. The molecule has 1 aliphatic rings. The standard InChI is InChI=1S/C10H24O3Si2/c1-11-15(12-2,13-3)10-9-14-7-5-4-6-8-14/h14H,4-10H2,1-3H3. The molecule has 0 bridgehead atoms. The Bertz CT molecular complexity index is 160. The highest BCUT2D eigenvalue weighted by atomic mass is 28.4. The zero-order chi connectivity index (χ0) is 11.1. The van der Waals surface area contributed by atoms with Gasteiger partial charge in [-0.15, -0.1) is 0 Å². The van der Waals surface area contributed by atoms with E-state index in [0.717, 1.165) is 6.04 Å². The van der Waals surface area contributed by atoms with Crippen LogP contribution in [0.5, 0.6) is 0 Å². The summed E-state index contributed by atoms with van der Waals surface area (Å²) >= 11 is 0. The van der Waals surface area contributed by atoms with Crippen LogP contribution in [0.1, 0.15) is 19.3 Å². The molecule has 0 saturated carbocycles. The average molecular weight is 248 g/mol. The Balaban J connectivity index is 2.31. The van der Waals surface area contributed by atoms with E-state index >= 15 is 0 Å². The zero-order valence-corrected chi connectivity index (χ0v) is 12.4. The molecule has 0 aromatic rings. The van der Waals surface area contributed by atoms with E-state index in [2.05, 4.69) is 0 Å². The van der Waals surface area contributed by atoms with Crippen LogP contribution < -0.4 is 0 Å². The Hall–Kier alpha value is 0.314. The molecule has 90 valence electrons. The summed E-state index contributed by atoms with van der Waals surface area (Å²) in [6.07, 6.45) is 4.36. The van der Waals surface area contributed by atoms with Gasteiger partial charge in [-0.3, -0.25) is 0 Å². The van der Waals surface area contributed by atoms with Crippen molar-refractivity contribution in [3.63, 3.8) is 0 Å². The third kappa shape index (κ3) is 3.99. The molecule has 0 aliphatic carbocycles. The van der Waals surface area contributed by atoms with E-state index in [9.17, 15) is 0 Å². The van der Waals surface area contributed by atoms with Gasteiger partial charge in [0.25, 0.3) is 0 Å². The van der Waals surface area contributed by atoms with E-state index in [-0.39, 0.29) is 0 Å². The summed E-state index contributed by atoms with van der Waals surface area (Å²) in [6.45, 7) is 0. The maximum absolute atomic E-state index is 5.44. The molecule has 1 fully saturated rings. The van der Waals surface area contributed by atoms with Gasteiger partial charge in [0, 0.05) is 36.2 Å². The van der Waals surface area contributed by atoms with Crippen molar-refractivity contribution in [1.29, 1.82) is 0 Å². The van der Waals surface area contributed by atoms with Crippen molar-refractivity contribution in [1.82, 2.24) is 0 Å². The van der Waals surface area contributed by atoms with Crippen LogP contribution in [0.4, 0.5) is 0 Å². The third-order valence-corrected chi connectivity index (χ3v) is 10.4. The highest BCUT2D eigenvalue weighted by Crippen LogP contribution is 2.25. The highest BCUT2D eigenvalue weighted by molar-refractivity contribution is 6.65. The van der Waals surface area contributed by atoms with Gasteiger partial charge in [-0.25, -0.2) is 0 Å². The van der Waals surface area contributed by atoms with Crippen molar-refractivity contribution in [2.24, 2.45) is 0 Å². The maximum atomic E-state index is 5.44. The Labute approximate surface area is 96.1 Å². The van der Waals surface area contributed by atoms with Gasteiger partial charge in [0.05, 0.1) is 0 Å². The molecule has 1 heterocycles. The fourth-order valence-corrected chi connectivity index (χ4v) is 9.17. The maximum Gasteiger partial charge on any atom is 0.499 e. The first-order valence-electron chi connectivity index (χ1n) is 5.92. The number of rotatable bonds is 6. The Kier molecular flexibility index (Phi) is 6.07. The van der Waals surface area contributed by atoms with Gasteiger partial charge in [0.2, 0.25) is 0 Å². The fraction of sp³-hybridized carbons (Fsp3) is 1.00. The van der Waals surface area contributed by atoms with Crippen molar-refractivity contribution in [2.45, 2.75) is 43.4 Å². The lowest BCUT2D eigenvalue weighted by atomic mass is 10.3. The minimum absolute atomic E-state index is 0.473. The quantitative estimate of drug-likeness (QED) is 0.675. The van der Waals surface area contributed by atoms with Crippen molar-refractivity contribution < 1.29 is 13.3 Å². The van der Waals surface area contributed by atoms with Crippen LogP contribution in [-0.4, -0.2) is 38.9 Å². The Morgan fingerprint density at radius 1 is 0.933 bits per heavy atom. The summed E-state index contributed by atoms with van der Waals surface area (Å²) in [4.78, 5) is 0. The molecule has 5 heteroatoms. The Morgan fingerprint density at radius 2 is 1.47 bits per heavy atom. The molecule has 0 aromatic heterocycles. The van der Waals surface area contributed by atoms with Gasteiger partial charge < -0.3 is 13.3 Å². The second-order valence-corrected chi connectivity index (χ2v) is 10.9. The smallest absolute Gasteiger partial charge is 0.377 e. The molecule has 0 atom stereocenters. The summed E-state index contributed by atoms with van der Waals surface area (Å²) in [5.41, 5.74) is 0. The lowest BCUT2D eigenvalue weighted by Crippen LogP contribution is -2.43. The molecule has 0 unspecified atom stereocenters. The van der Waals surface area contributed by atoms with Crippen LogP contribution in [0.3, 0.4) is 0 Å². The zero-order valence-electron chi connectivity index (χ0n) is 10.3. The van der Waals surface area contributed by atoms with Crippen molar-refractivity contribution in [3.8, 4) is 0 Å². The van der Waals surface area contributed by atoms with Crippen LogP contribution in [0, 0.1) is 0 Å². The second-order valence-electron chi connectivity index (χ2n) is 4.34. The van der Waals surface area contributed by atoms with Crippen LogP contribution >= 0.6 is 0 Å². The predicted octanol–water partition coefficient (Wildman–Crippen LogP) is 2.28. The summed E-state index contributed by atoms with van der Waals surface area (Å²) < 4.78 is 16.3.